The van der Waals surface area contributed by atoms with Crippen LogP contribution >= 0.6 is 11.8 Å². The monoisotopic (exact) mass is 273 g/mol. The van der Waals surface area contributed by atoms with Crippen molar-refractivity contribution in [3.63, 3.8) is 0 Å². The number of alkyl halides is 2. The van der Waals surface area contributed by atoms with Crippen LogP contribution in [0.5, 0.6) is 0 Å². The van der Waals surface area contributed by atoms with Gasteiger partial charge in [-0.3, -0.25) is 5.32 Å². The molecule has 0 saturated carbocycles. The van der Waals surface area contributed by atoms with Crippen molar-refractivity contribution in [3.05, 3.63) is 29.8 Å². The van der Waals surface area contributed by atoms with Gasteiger partial charge in [-0.05, 0) is 31.5 Å². The lowest BCUT2D eigenvalue weighted by Gasteiger charge is -2.18. The molecule has 1 heterocycles. The van der Waals surface area contributed by atoms with Gasteiger partial charge in [0.05, 0.1) is 6.04 Å². The van der Waals surface area contributed by atoms with Gasteiger partial charge in [0.25, 0.3) is 0 Å². The maximum atomic E-state index is 13.0. The highest BCUT2D eigenvalue weighted by Gasteiger charge is 2.40. The van der Waals surface area contributed by atoms with Crippen LogP contribution < -0.4 is 5.32 Å². The fraction of sp³-hybridized carbons (Fsp3) is 0.538. The molecule has 1 aromatic rings. The van der Waals surface area contributed by atoms with Crippen molar-refractivity contribution in [3.8, 4) is 0 Å². The van der Waals surface area contributed by atoms with E-state index in [0.717, 1.165) is 22.2 Å². The van der Waals surface area contributed by atoms with Crippen LogP contribution in [0.2, 0.25) is 0 Å². The molecule has 1 aliphatic rings. The minimum atomic E-state index is -0.520. The number of nitrogens with one attached hydrogen (secondary N) is 1. The van der Waals surface area contributed by atoms with E-state index in [9.17, 15) is 8.78 Å². The average molecular weight is 273 g/mol. The zero-order valence-electron chi connectivity index (χ0n) is 10.5. The summed E-state index contributed by atoms with van der Waals surface area (Å²) < 4.78 is 31.0. The molecule has 1 N–H and O–H groups in total. The lowest BCUT2D eigenvalue weighted by Crippen LogP contribution is -2.39. The second kappa shape index (κ2) is 5.55. The molecule has 0 aliphatic carbocycles. The smallest absolute Gasteiger partial charge is 0.139 e. The van der Waals surface area contributed by atoms with Crippen molar-refractivity contribution in [2.45, 2.75) is 36.6 Å². The van der Waals surface area contributed by atoms with E-state index < -0.39 is 18.4 Å². The SMILES string of the molecule is CC1(C)N[C@@H](CF)[C@@H](c2ccc(SCF)cc2)O1. The lowest BCUT2D eigenvalue weighted by atomic mass is 10.0. The lowest BCUT2D eigenvalue weighted by molar-refractivity contribution is -0.0267. The van der Waals surface area contributed by atoms with E-state index in [2.05, 4.69) is 5.32 Å². The normalized spacial score (nSPS) is 26.4. The summed E-state index contributed by atoms with van der Waals surface area (Å²) >= 11 is 1.14. The van der Waals surface area contributed by atoms with E-state index in [1.54, 1.807) is 0 Å². The van der Waals surface area contributed by atoms with Gasteiger partial charge in [-0.2, -0.15) is 0 Å². The summed E-state index contributed by atoms with van der Waals surface area (Å²) in [6.45, 7) is 3.28. The molecular formula is C13H17F2NOS. The van der Waals surface area contributed by atoms with Crippen molar-refractivity contribution < 1.29 is 13.5 Å². The van der Waals surface area contributed by atoms with Gasteiger partial charge in [0.1, 0.15) is 24.5 Å². The van der Waals surface area contributed by atoms with E-state index in [4.69, 9.17) is 4.74 Å². The summed E-state index contributed by atoms with van der Waals surface area (Å²) in [5, 5.41) is 3.11. The van der Waals surface area contributed by atoms with Crippen molar-refractivity contribution >= 4 is 11.8 Å². The minimum absolute atomic E-state index is 0.297. The Kier molecular flexibility index (Phi) is 4.25. The number of benzene rings is 1. The fourth-order valence-electron chi connectivity index (χ4n) is 2.19. The molecule has 0 spiro atoms. The summed E-state index contributed by atoms with van der Waals surface area (Å²) in [4.78, 5) is 0.864. The predicted molar refractivity (Wildman–Crippen MR) is 69.1 cm³/mol. The van der Waals surface area contributed by atoms with Crippen LogP contribution in [0.3, 0.4) is 0 Å². The molecule has 0 bridgehead atoms. The molecule has 0 radical (unpaired) electrons. The Morgan fingerprint density at radius 1 is 1.28 bits per heavy atom. The zero-order chi connectivity index (χ0) is 13.2. The Morgan fingerprint density at radius 3 is 2.50 bits per heavy atom. The van der Waals surface area contributed by atoms with Crippen LogP contribution in [0.4, 0.5) is 8.78 Å². The van der Waals surface area contributed by atoms with Crippen molar-refractivity contribution in [1.29, 1.82) is 0 Å². The molecule has 0 amide bonds. The molecule has 0 unspecified atom stereocenters. The maximum absolute atomic E-state index is 13.0. The van der Waals surface area contributed by atoms with E-state index in [-0.39, 0.29) is 12.1 Å². The number of hydrogen-bond donors (Lipinski definition) is 1. The molecule has 1 fully saturated rings. The van der Waals surface area contributed by atoms with E-state index >= 15 is 0 Å². The highest BCUT2D eigenvalue weighted by atomic mass is 32.2. The Balaban J connectivity index is 2.15. The molecule has 2 atom stereocenters. The van der Waals surface area contributed by atoms with Gasteiger partial charge >= 0.3 is 0 Å². The number of hydrogen-bond acceptors (Lipinski definition) is 3. The number of halogens is 2. The predicted octanol–water partition coefficient (Wildman–Crippen LogP) is 3.44. The molecule has 1 aromatic carbocycles. The zero-order valence-corrected chi connectivity index (χ0v) is 11.3. The van der Waals surface area contributed by atoms with Crippen molar-refractivity contribution in [2.24, 2.45) is 0 Å². The molecule has 0 aromatic heterocycles. The average Bonchev–Trinajstić information content (AvgIpc) is 2.66. The first kappa shape index (κ1) is 13.8. The quantitative estimate of drug-likeness (QED) is 0.849. The number of thioether (sulfide) groups is 1. The second-order valence-electron chi connectivity index (χ2n) is 4.78. The van der Waals surface area contributed by atoms with Crippen LogP contribution in [0.25, 0.3) is 0 Å². The molecule has 18 heavy (non-hydrogen) atoms. The Hall–Kier alpha value is -0.650. The summed E-state index contributed by atoms with van der Waals surface area (Å²) in [6.07, 6.45) is -0.297. The second-order valence-corrected chi connectivity index (χ2v) is 5.75. The Morgan fingerprint density at radius 2 is 1.94 bits per heavy atom. The van der Waals surface area contributed by atoms with E-state index in [1.807, 2.05) is 38.1 Å². The van der Waals surface area contributed by atoms with Crippen molar-refractivity contribution in [1.82, 2.24) is 5.32 Å². The van der Waals surface area contributed by atoms with Gasteiger partial charge in [0, 0.05) is 4.90 Å². The van der Waals surface area contributed by atoms with Crippen molar-refractivity contribution in [2.75, 3.05) is 12.7 Å². The summed E-state index contributed by atoms with van der Waals surface area (Å²) in [5.74, 6) is 0. The molecule has 1 saturated heterocycles. The summed E-state index contributed by atoms with van der Waals surface area (Å²) in [5.41, 5.74) is 0.396. The van der Waals surface area contributed by atoms with Crippen LogP contribution in [0, 0.1) is 0 Å². The first-order chi connectivity index (χ1) is 8.55. The van der Waals surface area contributed by atoms with Crippen LogP contribution in [-0.2, 0) is 4.74 Å². The molecule has 5 heteroatoms. The summed E-state index contributed by atoms with van der Waals surface area (Å²) in [6, 6.07) is 6.64. The van der Waals surface area contributed by atoms with Gasteiger partial charge in [0.2, 0.25) is 0 Å². The first-order valence-electron chi connectivity index (χ1n) is 5.86. The standard InChI is InChI=1S/C13H17F2NOS/c1-13(2)16-11(7-14)12(17-13)9-3-5-10(6-4-9)18-8-15/h3-6,11-12,16H,7-8H2,1-2H3/t11-,12+/m0/s1. The third-order valence-corrected chi connectivity index (χ3v) is 3.63. The minimum Gasteiger partial charge on any atom is -0.352 e. The largest absolute Gasteiger partial charge is 0.352 e. The van der Waals surface area contributed by atoms with Gasteiger partial charge in [-0.1, -0.05) is 23.9 Å². The first-order valence-corrected chi connectivity index (χ1v) is 6.84. The van der Waals surface area contributed by atoms with Crippen LogP contribution in [0.15, 0.2) is 29.2 Å². The van der Waals surface area contributed by atoms with E-state index in [1.165, 1.54) is 0 Å². The highest BCUT2D eigenvalue weighted by molar-refractivity contribution is 7.99. The topological polar surface area (TPSA) is 21.3 Å². The van der Waals surface area contributed by atoms with Crippen LogP contribution in [-0.4, -0.2) is 24.4 Å². The third-order valence-electron chi connectivity index (χ3n) is 2.92. The maximum Gasteiger partial charge on any atom is 0.139 e. The van der Waals surface area contributed by atoms with E-state index in [0.29, 0.717) is 0 Å². The van der Waals surface area contributed by atoms with Gasteiger partial charge < -0.3 is 4.74 Å². The van der Waals surface area contributed by atoms with Crippen LogP contribution in [0.1, 0.15) is 25.5 Å². The van der Waals surface area contributed by atoms with Gasteiger partial charge in [-0.15, -0.1) is 0 Å². The number of rotatable bonds is 4. The molecule has 1 aliphatic heterocycles. The number of ether oxygens (including phenoxy) is 1. The highest BCUT2D eigenvalue weighted by Crippen LogP contribution is 2.34. The Labute approximate surface area is 110 Å². The molecular weight excluding hydrogens is 256 g/mol. The van der Waals surface area contributed by atoms with Gasteiger partial charge in [0.15, 0.2) is 0 Å². The Bertz CT molecular complexity index is 396. The van der Waals surface area contributed by atoms with Gasteiger partial charge in [-0.25, -0.2) is 8.78 Å². The third kappa shape index (κ3) is 3.02. The summed E-state index contributed by atoms with van der Waals surface area (Å²) in [7, 11) is 0. The molecule has 2 nitrogen and oxygen atoms in total. The molecule has 2 rings (SSSR count). The fourth-order valence-corrected chi connectivity index (χ4v) is 2.65. The molecule has 100 valence electrons.